The first kappa shape index (κ1) is 12.8. The number of aromatic nitrogens is 1. The number of hydrogen-bond acceptors (Lipinski definition) is 3. The third-order valence-corrected chi connectivity index (χ3v) is 3.60. The van der Waals surface area contributed by atoms with Crippen LogP contribution in [-0.4, -0.2) is 16.1 Å². The monoisotopic (exact) mass is 261 g/mol. The molecule has 0 radical (unpaired) electrons. The molecule has 4 heteroatoms. The molecule has 0 amide bonds. The molecule has 0 aliphatic rings. The van der Waals surface area contributed by atoms with Crippen LogP contribution in [0.4, 0.5) is 0 Å². The average molecular weight is 261 g/mol. The number of carbonyl (C=O) groups is 1. The number of hydrogen-bond donors (Lipinski definition) is 1. The molecule has 0 atom stereocenters. The van der Waals surface area contributed by atoms with Gasteiger partial charge >= 0.3 is 5.97 Å². The standard InChI is InChI=1S/C14H15NO2S/c1-14(2,3)10-6-4-9(5-7-10)11-12(13(16)17)18-8-15-11/h4-8H,1-3H3,(H,16,17). The predicted octanol–water partition coefficient (Wildman–Crippen LogP) is 3.81. The molecule has 3 nitrogen and oxygen atoms in total. The van der Waals surface area contributed by atoms with Crippen LogP contribution in [0.2, 0.25) is 0 Å². The van der Waals surface area contributed by atoms with Crippen LogP contribution in [0.3, 0.4) is 0 Å². The van der Waals surface area contributed by atoms with Crippen molar-refractivity contribution in [2.45, 2.75) is 26.2 Å². The lowest BCUT2D eigenvalue weighted by Crippen LogP contribution is -2.10. The summed E-state index contributed by atoms with van der Waals surface area (Å²) in [5.74, 6) is -0.924. The fourth-order valence-corrected chi connectivity index (χ4v) is 2.38. The van der Waals surface area contributed by atoms with E-state index in [1.807, 2.05) is 24.3 Å². The molecule has 1 heterocycles. The van der Waals surface area contributed by atoms with Crippen LogP contribution in [0.5, 0.6) is 0 Å². The Bertz CT molecular complexity index is 564. The third-order valence-electron chi connectivity index (χ3n) is 2.79. The summed E-state index contributed by atoms with van der Waals surface area (Å²) in [6, 6.07) is 7.92. The van der Waals surface area contributed by atoms with Gasteiger partial charge in [0, 0.05) is 5.56 Å². The molecule has 0 saturated carbocycles. The molecule has 1 N–H and O–H groups in total. The van der Waals surface area contributed by atoms with Gasteiger partial charge in [0.2, 0.25) is 0 Å². The molecule has 2 aromatic rings. The van der Waals surface area contributed by atoms with Gasteiger partial charge in [0.25, 0.3) is 0 Å². The summed E-state index contributed by atoms with van der Waals surface area (Å²) in [7, 11) is 0. The summed E-state index contributed by atoms with van der Waals surface area (Å²) in [5, 5.41) is 9.07. The van der Waals surface area contributed by atoms with E-state index in [0.717, 1.165) is 16.9 Å². The maximum absolute atomic E-state index is 11.1. The molecular weight excluding hydrogens is 246 g/mol. The number of benzene rings is 1. The lowest BCUT2D eigenvalue weighted by molar-refractivity contribution is 0.0702. The number of carboxylic acids is 1. The highest BCUT2D eigenvalue weighted by molar-refractivity contribution is 7.12. The van der Waals surface area contributed by atoms with E-state index in [2.05, 4.69) is 25.8 Å². The topological polar surface area (TPSA) is 50.2 Å². The Balaban J connectivity index is 2.41. The molecule has 94 valence electrons. The minimum atomic E-state index is -0.924. The highest BCUT2D eigenvalue weighted by Crippen LogP contribution is 2.28. The zero-order valence-electron chi connectivity index (χ0n) is 10.6. The van der Waals surface area contributed by atoms with Crippen molar-refractivity contribution in [1.29, 1.82) is 0 Å². The maximum Gasteiger partial charge on any atom is 0.348 e. The van der Waals surface area contributed by atoms with Crippen molar-refractivity contribution in [2.75, 3.05) is 0 Å². The Morgan fingerprint density at radius 1 is 1.22 bits per heavy atom. The molecule has 18 heavy (non-hydrogen) atoms. The minimum absolute atomic E-state index is 0.0935. The molecule has 0 bridgehead atoms. The summed E-state index contributed by atoms with van der Waals surface area (Å²) in [6.45, 7) is 6.44. The Morgan fingerprint density at radius 2 is 1.83 bits per heavy atom. The van der Waals surface area contributed by atoms with Gasteiger partial charge in [-0.1, -0.05) is 45.0 Å². The Labute approximate surface area is 110 Å². The van der Waals surface area contributed by atoms with Gasteiger partial charge in [-0.15, -0.1) is 11.3 Å². The van der Waals surface area contributed by atoms with E-state index >= 15 is 0 Å². The predicted molar refractivity (Wildman–Crippen MR) is 73.2 cm³/mol. The van der Waals surface area contributed by atoms with Crippen LogP contribution >= 0.6 is 11.3 Å². The zero-order valence-corrected chi connectivity index (χ0v) is 11.4. The van der Waals surface area contributed by atoms with Crippen LogP contribution in [0.15, 0.2) is 29.8 Å². The van der Waals surface area contributed by atoms with E-state index in [0.29, 0.717) is 10.6 Å². The molecule has 2 rings (SSSR count). The SMILES string of the molecule is CC(C)(C)c1ccc(-c2ncsc2C(=O)O)cc1. The Kier molecular flexibility index (Phi) is 3.22. The molecule has 0 aliphatic carbocycles. The maximum atomic E-state index is 11.1. The van der Waals surface area contributed by atoms with Crippen molar-refractivity contribution < 1.29 is 9.90 Å². The number of rotatable bonds is 2. The summed E-state index contributed by atoms with van der Waals surface area (Å²) < 4.78 is 0. The first-order chi connectivity index (χ1) is 8.39. The summed E-state index contributed by atoms with van der Waals surface area (Å²) in [5.41, 5.74) is 4.28. The van der Waals surface area contributed by atoms with Crippen LogP contribution in [0.25, 0.3) is 11.3 Å². The van der Waals surface area contributed by atoms with Crippen molar-refractivity contribution in [2.24, 2.45) is 0 Å². The second-order valence-electron chi connectivity index (χ2n) is 5.16. The lowest BCUT2D eigenvalue weighted by Gasteiger charge is -2.19. The highest BCUT2D eigenvalue weighted by Gasteiger charge is 2.17. The second kappa shape index (κ2) is 4.53. The largest absolute Gasteiger partial charge is 0.477 e. The quantitative estimate of drug-likeness (QED) is 0.894. The third kappa shape index (κ3) is 2.43. The van der Waals surface area contributed by atoms with Gasteiger partial charge < -0.3 is 5.11 Å². The van der Waals surface area contributed by atoms with Gasteiger partial charge in [0.1, 0.15) is 4.88 Å². The van der Waals surface area contributed by atoms with Crippen LogP contribution in [0, 0.1) is 0 Å². The van der Waals surface area contributed by atoms with Gasteiger partial charge in [0.05, 0.1) is 11.2 Å². The second-order valence-corrected chi connectivity index (χ2v) is 6.02. The summed E-state index contributed by atoms with van der Waals surface area (Å²) in [6.07, 6.45) is 0. The highest BCUT2D eigenvalue weighted by atomic mass is 32.1. The van der Waals surface area contributed by atoms with Gasteiger partial charge in [0.15, 0.2) is 0 Å². The van der Waals surface area contributed by atoms with Gasteiger partial charge in [-0.25, -0.2) is 9.78 Å². The van der Waals surface area contributed by atoms with Gasteiger partial charge in [-0.05, 0) is 11.0 Å². The minimum Gasteiger partial charge on any atom is -0.477 e. The smallest absolute Gasteiger partial charge is 0.348 e. The van der Waals surface area contributed by atoms with E-state index in [4.69, 9.17) is 5.11 Å². The van der Waals surface area contributed by atoms with E-state index in [-0.39, 0.29) is 5.41 Å². The number of aromatic carboxylic acids is 1. The molecular formula is C14H15NO2S. The van der Waals surface area contributed by atoms with Gasteiger partial charge in [-0.2, -0.15) is 0 Å². The van der Waals surface area contributed by atoms with Crippen molar-refractivity contribution in [3.63, 3.8) is 0 Å². The fraction of sp³-hybridized carbons (Fsp3) is 0.286. The zero-order chi connectivity index (χ0) is 13.3. The Morgan fingerprint density at radius 3 is 2.33 bits per heavy atom. The Hall–Kier alpha value is -1.68. The van der Waals surface area contributed by atoms with E-state index < -0.39 is 5.97 Å². The van der Waals surface area contributed by atoms with E-state index in [1.54, 1.807) is 5.51 Å². The van der Waals surface area contributed by atoms with Crippen LogP contribution in [0.1, 0.15) is 36.0 Å². The normalized spacial score (nSPS) is 11.5. The number of nitrogens with zero attached hydrogens (tertiary/aromatic N) is 1. The molecule has 0 saturated heterocycles. The van der Waals surface area contributed by atoms with E-state index in [1.165, 1.54) is 5.56 Å². The molecule has 0 spiro atoms. The van der Waals surface area contributed by atoms with Crippen molar-refractivity contribution >= 4 is 17.3 Å². The van der Waals surface area contributed by atoms with E-state index in [9.17, 15) is 4.79 Å². The van der Waals surface area contributed by atoms with Crippen LogP contribution in [-0.2, 0) is 5.41 Å². The van der Waals surface area contributed by atoms with Crippen molar-refractivity contribution in [3.05, 3.63) is 40.2 Å². The summed E-state index contributed by atoms with van der Waals surface area (Å²) >= 11 is 1.15. The van der Waals surface area contributed by atoms with Crippen molar-refractivity contribution in [1.82, 2.24) is 4.98 Å². The first-order valence-corrected chi connectivity index (χ1v) is 6.55. The summed E-state index contributed by atoms with van der Waals surface area (Å²) in [4.78, 5) is 15.5. The number of carboxylic acid groups (broad SMARTS) is 1. The molecule has 1 aromatic carbocycles. The van der Waals surface area contributed by atoms with Crippen molar-refractivity contribution in [3.8, 4) is 11.3 Å². The average Bonchev–Trinajstić information content (AvgIpc) is 2.77. The number of thiazole rings is 1. The lowest BCUT2D eigenvalue weighted by atomic mass is 9.86. The van der Waals surface area contributed by atoms with Gasteiger partial charge in [-0.3, -0.25) is 0 Å². The molecule has 0 unspecified atom stereocenters. The van der Waals surface area contributed by atoms with Crippen LogP contribution < -0.4 is 0 Å². The molecule has 1 aromatic heterocycles. The fourth-order valence-electron chi connectivity index (χ4n) is 1.73. The molecule has 0 aliphatic heterocycles. The molecule has 0 fully saturated rings. The first-order valence-electron chi connectivity index (χ1n) is 5.67.